The summed E-state index contributed by atoms with van der Waals surface area (Å²) in [7, 11) is 0. The zero-order chi connectivity index (χ0) is 13.0. The Balaban J connectivity index is 2.15. The maximum absolute atomic E-state index is 5.80. The first-order valence-electron chi connectivity index (χ1n) is 7.07. The van der Waals surface area contributed by atoms with Gasteiger partial charge in [-0.3, -0.25) is 0 Å². The highest BCUT2D eigenvalue weighted by Gasteiger charge is 2.23. The summed E-state index contributed by atoms with van der Waals surface area (Å²) in [5.41, 5.74) is 1.43. The van der Waals surface area contributed by atoms with Gasteiger partial charge in [0.15, 0.2) is 0 Å². The molecule has 1 fully saturated rings. The number of halogens is 1. The fraction of sp³-hybridized carbons (Fsp3) is 0.625. The quantitative estimate of drug-likeness (QED) is 0.545. The molecule has 1 aromatic carbocycles. The van der Waals surface area contributed by atoms with Gasteiger partial charge in [0.2, 0.25) is 0 Å². The van der Waals surface area contributed by atoms with Gasteiger partial charge in [0.25, 0.3) is 0 Å². The molecule has 1 nitrogen and oxygen atoms in total. The van der Waals surface area contributed by atoms with Gasteiger partial charge in [-0.2, -0.15) is 0 Å². The predicted octanol–water partition coefficient (Wildman–Crippen LogP) is 5.29. The van der Waals surface area contributed by atoms with Gasteiger partial charge in [-0.05, 0) is 50.3 Å². The number of alkyl halides is 1. The number of hydrogen-bond donors (Lipinski definition) is 0. The van der Waals surface area contributed by atoms with Gasteiger partial charge in [-0.1, -0.05) is 47.3 Å². The van der Waals surface area contributed by atoms with Crippen molar-refractivity contribution < 1.29 is 4.74 Å². The third-order valence-electron chi connectivity index (χ3n) is 3.59. The van der Waals surface area contributed by atoms with Crippen LogP contribution in [-0.4, -0.2) is 10.9 Å². The third-order valence-corrected chi connectivity index (χ3v) is 4.69. The van der Waals surface area contributed by atoms with Crippen LogP contribution in [0.2, 0.25) is 0 Å². The van der Waals surface area contributed by atoms with E-state index >= 15 is 0 Å². The molecule has 0 saturated heterocycles. The molecular weight excluding hydrogens is 288 g/mol. The lowest BCUT2D eigenvalue weighted by Gasteiger charge is -2.21. The SMILES string of the molecule is CC(C)Oc1cccc(C2CCCCCC2Br)c1. The van der Waals surface area contributed by atoms with Crippen LogP contribution in [0.15, 0.2) is 24.3 Å². The lowest BCUT2D eigenvalue weighted by atomic mass is 9.91. The van der Waals surface area contributed by atoms with Crippen LogP contribution in [0.25, 0.3) is 0 Å². The summed E-state index contributed by atoms with van der Waals surface area (Å²) >= 11 is 3.88. The Bertz CT molecular complexity index is 375. The van der Waals surface area contributed by atoms with Gasteiger partial charge >= 0.3 is 0 Å². The second kappa shape index (κ2) is 6.60. The van der Waals surface area contributed by atoms with Gasteiger partial charge in [0.1, 0.15) is 5.75 Å². The van der Waals surface area contributed by atoms with Gasteiger partial charge in [0.05, 0.1) is 6.10 Å². The summed E-state index contributed by atoms with van der Waals surface area (Å²) in [4.78, 5) is 0.620. The maximum Gasteiger partial charge on any atom is 0.119 e. The van der Waals surface area contributed by atoms with Crippen LogP contribution in [0.5, 0.6) is 5.75 Å². The van der Waals surface area contributed by atoms with Gasteiger partial charge in [-0.25, -0.2) is 0 Å². The second-order valence-electron chi connectivity index (χ2n) is 5.50. The molecule has 2 rings (SSSR count). The van der Waals surface area contributed by atoms with Crippen LogP contribution in [0.3, 0.4) is 0 Å². The lowest BCUT2D eigenvalue weighted by molar-refractivity contribution is 0.242. The largest absolute Gasteiger partial charge is 0.491 e. The van der Waals surface area contributed by atoms with E-state index in [1.807, 2.05) is 0 Å². The molecule has 1 aliphatic rings. The van der Waals surface area contributed by atoms with E-state index in [4.69, 9.17) is 4.74 Å². The highest BCUT2D eigenvalue weighted by molar-refractivity contribution is 9.09. The Morgan fingerprint density at radius 2 is 1.94 bits per heavy atom. The molecule has 1 aliphatic carbocycles. The van der Waals surface area contributed by atoms with Gasteiger partial charge in [0, 0.05) is 4.83 Å². The molecule has 0 bridgehead atoms. The first kappa shape index (κ1) is 13.9. The van der Waals surface area contributed by atoms with Gasteiger partial charge < -0.3 is 4.74 Å². The summed E-state index contributed by atoms with van der Waals surface area (Å²) in [6.45, 7) is 4.15. The maximum atomic E-state index is 5.80. The van der Waals surface area contributed by atoms with E-state index in [9.17, 15) is 0 Å². The van der Waals surface area contributed by atoms with E-state index in [2.05, 4.69) is 54.0 Å². The molecule has 0 N–H and O–H groups in total. The van der Waals surface area contributed by atoms with Crippen LogP contribution >= 0.6 is 15.9 Å². The monoisotopic (exact) mass is 310 g/mol. The molecule has 1 saturated carbocycles. The number of rotatable bonds is 3. The minimum atomic E-state index is 0.245. The molecule has 0 amide bonds. The standard InChI is InChI=1S/C16H23BrO/c1-12(2)18-14-8-6-7-13(11-14)15-9-4-3-5-10-16(15)17/h6-8,11-12,15-16H,3-5,9-10H2,1-2H3. The number of hydrogen-bond acceptors (Lipinski definition) is 1. The summed E-state index contributed by atoms with van der Waals surface area (Å²) < 4.78 is 5.80. The van der Waals surface area contributed by atoms with Crippen molar-refractivity contribution in [1.82, 2.24) is 0 Å². The van der Waals surface area contributed by atoms with Crippen LogP contribution < -0.4 is 4.74 Å². The molecule has 100 valence electrons. The topological polar surface area (TPSA) is 9.23 Å². The molecule has 0 aliphatic heterocycles. The number of benzene rings is 1. The highest BCUT2D eigenvalue weighted by Crippen LogP contribution is 2.37. The van der Waals surface area contributed by atoms with Crippen molar-refractivity contribution in [2.24, 2.45) is 0 Å². The molecule has 2 heteroatoms. The van der Waals surface area contributed by atoms with Crippen molar-refractivity contribution in [2.75, 3.05) is 0 Å². The molecule has 0 aromatic heterocycles. The molecule has 1 aromatic rings. The molecule has 0 radical (unpaired) electrons. The molecule has 0 heterocycles. The predicted molar refractivity (Wildman–Crippen MR) is 80.7 cm³/mol. The summed E-state index contributed by atoms with van der Waals surface area (Å²) in [6, 6.07) is 8.66. The Morgan fingerprint density at radius 3 is 2.72 bits per heavy atom. The summed E-state index contributed by atoms with van der Waals surface area (Å²) in [5, 5.41) is 0. The molecule has 0 spiro atoms. The first-order valence-corrected chi connectivity index (χ1v) is 7.99. The Hall–Kier alpha value is -0.500. The van der Waals surface area contributed by atoms with E-state index in [0.717, 1.165) is 5.75 Å². The fourth-order valence-corrected chi connectivity index (χ4v) is 3.62. The van der Waals surface area contributed by atoms with Crippen LogP contribution in [0.1, 0.15) is 57.4 Å². The zero-order valence-electron chi connectivity index (χ0n) is 11.4. The van der Waals surface area contributed by atoms with Crippen LogP contribution in [0, 0.1) is 0 Å². The Labute approximate surface area is 119 Å². The normalized spacial score (nSPS) is 24.9. The molecule has 18 heavy (non-hydrogen) atoms. The van der Waals surface area contributed by atoms with Crippen molar-refractivity contribution in [3.63, 3.8) is 0 Å². The van der Waals surface area contributed by atoms with Crippen molar-refractivity contribution in [3.05, 3.63) is 29.8 Å². The zero-order valence-corrected chi connectivity index (χ0v) is 12.9. The highest BCUT2D eigenvalue weighted by atomic mass is 79.9. The van der Waals surface area contributed by atoms with Crippen molar-refractivity contribution in [2.45, 2.75) is 62.8 Å². The molecular formula is C16H23BrO. The van der Waals surface area contributed by atoms with E-state index in [1.54, 1.807) is 0 Å². The fourth-order valence-electron chi connectivity index (χ4n) is 2.73. The van der Waals surface area contributed by atoms with Crippen molar-refractivity contribution in [3.8, 4) is 5.75 Å². The molecule has 2 atom stereocenters. The Morgan fingerprint density at radius 1 is 1.17 bits per heavy atom. The van der Waals surface area contributed by atoms with Gasteiger partial charge in [-0.15, -0.1) is 0 Å². The second-order valence-corrected chi connectivity index (χ2v) is 6.68. The minimum Gasteiger partial charge on any atom is -0.491 e. The summed E-state index contributed by atoms with van der Waals surface area (Å²) in [6.07, 6.45) is 6.91. The minimum absolute atomic E-state index is 0.245. The summed E-state index contributed by atoms with van der Waals surface area (Å²) in [5.74, 6) is 1.65. The van der Waals surface area contributed by atoms with E-state index < -0.39 is 0 Å². The van der Waals surface area contributed by atoms with Crippen molar-refractivity contribution in [1.29, 1.82) is 0 Å². The van der Waals surface area contributed by atoms with E-state index in [1.165, 1.54) is 37.7 Å². The first-order chi connectivity index (χ1) is 8.66. The van der Waals surface area contributed by atoms with E-state index in [0.29, 0.717) is 10.7 Å². The smallest absolute Gasteiger partial charge is 0.119 e. The lowest BCUT2D eigenvalue weighted by Crippen LogP contribution is -2.11. The average Bonchev–Trinajstić information content (AvgIpc) is 2.53. The van der Waals surface area contributed by atoms with E-state index in [-0.39, 0.29) is 6.10 Å². The van der Waals surface area contributed by atoms with Crippen LogP contribution in [0.4, 0.5) is 0 Å². The number of ether oxygens (including phenoxy) is 1. The van der Waals surface area contributed by atoms with Crippen LogP contribution in [-0.2, 0) is 0 Å². The van der Waals surface area contributed by atoms with Crippen molar-refractivity contribution >= 4 is 15.9 Å². The average molecular weight is 311 g/mol. The molecule has 2 unspecified atom stereocenters. The Kier molecular flexibility index (Phi) is 5.11. The third kappa shape index (κ3) is 3.74.